The van der Waals surface area contributed by atoms with Gasteiger partial charge in [0.05, 0.1) is 0 Å². The van der Waals surface area contributed by atoms with Crippen molar-refractivity contribution in [3.05, 3.63) is 0 Å². The van der Waals surface area contributed by atoms with E-state index in [-0.39, 0.29) is 19.5 Å². The maximum absolute atomic E-state index is 5.37. The van der Waals surface area contributed by atoms with Crippen molar-refractivity contribution in [3.8, 4) is 0 Å². The first-order valence-electron chi connectivity index (χ1n) is 7.11. The summed E-state index contributed by atoms with van der Waals surface area (Å²) >= 11 is 9.67. The molecule has 0 unspecified atom stereocenters. The van der Waals surface area contributed by atoms with Gasteiger partial charge in [-0.15, -0.1) is 0 Å². The zero-order chi connectivity index (χ0) is 15.6. The molecule has 0 aliphatic carbocycles. The maximum Gasteiger partial charge on any atom is 2.00 e. The topological polar surface area (TPSA) is 111 Å². The van der Waals surface area contributed by atoms with Crippen molar-refractivity contribution in [1.29, 1.82) is 0 Å². The van der Waals surface area contributed by atoms with E-state index in [4.69, 9.17) is 48.2 Å². The molecule has 9 heteroatoms. The Morgan fingerprint density at radius 3 is 0.905 bits per heavy atom. The minimum Gasteiger partial charge on any atom is -0.791 e. The smallest absolute Gasteiger partial charge is 0.791 e. The van der Waals surface area contributed by atoms with Gasteiger partial charge in [-0.2, -0.15) is 11.5 Å². The molecular weight excluding hydrogens is 358 g/mol. The summed E-state index contributed by atoms with van der Waals surface area (Å²) in [5.41, 5.74) is 21.5. The molecule has 0 aromatic rings. The third-order valence-electron chi connectivity index (χ3n) is 2.60. The van der Waals surface area contributed by atoms with Crippen LogP contribution < -0.4 is 22.9 Å². The molecule has 0 aromatic heterocycles. The number of nitrogens with zero attached hydrogens (tertiary/aromatic N) is 2. The number of hydrogen-bond donors (Lipinski definition) is 4. The number of rotatable bonds is 12. The van der Waals surface area contributed by atoms with E-state index >= 15 is 0 Å². The van der Waals surface area contributed by atoms with Crippen molar-refractivity contribution in [2.24, 2.45) is 22.9 Å². The van der Waals surface area contributed by atoms with Crippen LogP contribution in [-0.2, 0) is 44.7 Å². The van der Waals surface area contributed by atoms with Gasteiger partial charge in [-0.3, -0.25) is 0 Å². The molecule has 0 heterocycles. The predicted octanol–water partition coefficient (Wildman–Crippen LogP) is -2.50. The van der Waals surface area contributed by atoms with E-state index in [1.807, 2.05) is 0 Å². The molecule has 0 amide bonds. The van der Waals surface area contributed by atoms with Crippen LogP contribution in [0.4, 0.5) is 0 Å². The molecule has 0 bridgehead atoms. The van der Waals surface area contributed by atoms with Gasteiger partial charge in [0.2, 0.25) is 0 Å². The molecule has 0 rings (SSSR count). The Morgan fingerprint density at radius 1 is 0.524 bits per heavy atom. The fourth-order valence-electron chi connectivity index (χ4n) is 1.66. The fourth-order valence-corrected chi connectivity index (χ4v) is 2.18. The first-order chi connectivity index (χ1) is 9.69. The summed E-state index contributed by atoms with van der Waals surface area (Å²) in [6, 6.07) is 0. The minimum absolute atomic E-state index is 0. The van der Waals surface area contributed by atoms with Crippen LogP contribution in [0.1, 0.15) is 0 Å². The second kappa shape index (κ2) is 23.4. The van der Waals surface area contributed by atoms with E-state index in [9.17, 15) is 0 Å². The Morgan fingerprint density at radius 2 is 0.762 bits per heavy atom. The molecule has 6 nitrogen and oxygen atoms in total. The third-order valence-corrected chi connectivity index (χ3v) is 2.96. The summed E-state index contributed by atoms with van der Waals surface area (Å²) in [6.45, 7) is 8.27. The molecular formula is C12H32N6S2Zn. The SMILES string of the molecule is NCCN(CCN)CC[S-].NCCN(CCN)CC[S-].[Zn+2]. The van der Waals surface area contributed by atoms with Gasteiger partial charge < -0.3 is 58.0 Å². The molecule has 0 saturated heterocycles. The zero-order valence-electron chi connectivity index (χ0n) is 13.2. The summed E-state index contributed by atoms with van der Waals surface area (Å²) in [7, 11) is 0. The molecule has 0 spiro atoms. The first kappa shape index (κ1) is 27.0. The van der Waals surface area contributed by atoms with Gasteiger partial charge in [-0.05, 0) is 13.1 Å². The van der Waals surface area contributed by atoms with E-state index in [1.165, 1.54) is 0 Å². The Bertz CT molecular complexity index is 135. The van der Waals surface area contributed by atoms with Gasteiger partial charge in [0.15, 0.2) is 0 Å². The first-order valence-corrected chi connectivity index (χ1v) is 8.26. The standard InChI is InChI=1S/2C6H17N3S.Zn/c2*7-1-3-9(4-2-8)5-6-10;/h2*10H,1-8H2;/q;;+2/p-2. The number of nitrogens with two attached hydrogens (primary N) is 4. The molecule has 8 N–H and O–H groups in total. The van der Waals surface area contributed by atoms with E-state index in [2.05, 4.69) is 9.80 Å². The van der Waals surface area contributed by atoms with Crippen LogP contribution in [0.5, 0.6) is 0 Å². The molecule has 124 valence electrons. The summed E-state index contributed by atoms with van der Waals surface area (Å²) in [4.78, 5) is 4.38. The Balaban J connectivity index is -0.000000295. The summed E-state index contributed by atoms with van der Waals surface area (Å²) < 4.78 is 0. The summed E-state index contributed by atoms with van der Waals surface area (Å²) in [6.07, 6.45) is 0. The average Bonchev–Trinajstić information content (AvgIpc) is 2.41. The molecule has 0 fully saturated rings. The molecule has 0 aliphatic rings. The van der Waals surface area contributed by atoms with Gasteiger partial charge in [0.1, 0.15) is 0 Å². The Labute approximate surface area is 154 Å². The van der Waals surface area contributed by atoms with Crippen molar-refractivity contribution >= 4 is 25.3 Å². The normalized spacial score (nSPS) is 10.3. The maximum atomic E-state index is 5.37. The van der Waals surface area contributed by atoms with Crippen LogP contribution in [0.25, 0.3) is 0 Å². The monoisotopic (exact) mass is 388 g/mol. The molecule has 0 radical (unpaired) electrons. The predicted molar refractivity (Wildman–Crippen MR) is 93.6 cm³/mol. The van der Waals surface area contributed by atoms with Crippen molar-refractivity contribution < 1.29 is 19.5 Å². The minimum atomic E-state index is 0. The van der Waals surface area contributed by atoms with E-state index < -0.39 is 0 Å². The van der Waals surface area contributed by atoms with Gasteiger partial charge in [0, 0.05) is 52.4 Å². The van der Waals surface area contributed by atoms with E-state index in [1.54, 1.807) is 0 Å². The van der Waals surface area contributed by atoms with Crippen molar-refractivity contribution in [2.75, 3.05) is 77.0 Å². The third kappa shape index (κ3) is 21.1. The fraction of sp³-hybridized carbons (Fsp3) is 1.00. The zero-order valence-corrected chi connectivity index (χ0v) is 17.8. The second-order valence-corrected chi connectivity index (χ2v) is 5.06. The largest absolute Gasteiger partial charge is 2.00 e. The quantitative estimate of drug-likeness (QED) is 0.214. The Kier molecular flexibility index (Phi) is 30.0. The van der Waals surface area contributed by atoms with E-state index in [0.29, 0.717) is 26.2 Å². The van der Waals surface area contributed by atoms with Crippen LogP contribution >= 0.6 is 0 Å². The molecule has 0 aliphatic heterocycles. The van der Waals surface area contributed by atoms with Crippen LogP contribution in [0.15, 0.2) is 0 Å². The average molecular weight is 390 g/mol. The Hall–Kier alpha value is 1.08. The van der Waals surface area contributed by atoms with Crippen LogP contribution in [0.2, 0.25) is 0 Å². The molecule has 0 atom stereocenters. The van der Waals surface area contributed by atoms with Gasteiger partial charge in [-0.25, -0.2) is 0 Å². The molecule has 21 heavy (non-hydrogen) atoms. The van der Waals surface area contributed by atoms with Crippen molar-refractivity contribution in [1.82, 2.24) is 9.80 Å². The van der Waals surface area contributed by atoms with Gasteiger partial charge >= 0.3 is 19.5 Å². The van der Waals surface area contributed by atoms with Crippen LogP contribution in [0.3, 0.4) is 0 Å². The van der Waals surface area contributed by atoms with Gasteiger partial charge in [0.25, 0.3) is 0 Å². The number of hydrogen-bond acceptors (Lipinski definition) is 8. The van der Waals surface area contributed by atoms with Crippen molar-refractivity contribution in [3.63, 3.8) is 0 Å². The van der Waals surface area contributed by atoms with Crippen molar-refractivity contribution in [2.45, 2.75) is 0 Å². The molecule has 0 saturated carbocycles. The summed E-state index contributed by atoms with van der Waals surface area (Å²) in [5, 5.41) is 0. The second-order valence-electron chi connectivity index (χ2n) is 4.25. The molecule has 0 aromatic carbocycles. The van der Waals surface area contributed by atoms with Gasteiger partial charge in [-0.1, -0.05) is 0 Å². The van der Waals surface area contributed by atoms with Crippen LogP contribution in [-0.4, -0.2) is 86.8 Å². The summed E-state index contributed by atoms with van der Waals surface area (Å²) in [5.74, 6) is 1.53. The van der Waals surface area contributed by atoms with Crippen LogP contribution in [0, 0.1) is 0 Å². The van der Waals surface area contributed by atoms with E-state index in [0.717, 1.165) is 50.8 Å².